The average molecular weight is 372 g/mol. The van der Waals surface area contributed by atoms with Gasteiger partial charge >= 0.3 is 5.69 Å². The molecule has 0 radical (unpaired) electrons. The molecule has 2 aliphatic rings. The molecule has 2 aromatic rings. The van der Waals surface area contributed by atoms with E-state index < -0.39 is 11.9 Å². The lowest BCUT2D eigenvalue weighted by molar-refractivity contribution is -0.135. The van der Waals surface area contributed by atoms with E-state index in [1.54, 1.807) is 11.6 Å². The summed E-state index contributed by atoms with van der Waals surface area (Å²) in [6.07, 6.45) is 2.47. The Bertz CT molecular complexity index is 953. The second-order valence-corrected chi connectivity index (χ2v) is 7.46. The molecule has 1 aromatic carbocycles. The van der Waals surface area contributed by atoms with E-state index in [1.807, 2.05) is 18.2 Å². The number of nitrogens with one attached hydrogen (secondary N) is 1. The van der Waals surface area contributed by atoms with E-state index in [2.05, 4.69) is 10.2 Å². The summed E-state index contributed by atoms with van der Waals surface area (Å²) in [4.78, 5) is 38.7. The van der Waals surface area contributed by atoms with Crippen molar-refractivity contribution >= 4 is 28.5 Å². The van der Waals surface area contributed by atoms with Gasteiger partial charge in [0.2, 0.25) is 11.8 Å². The molecule has 3 heterocycles. The smallest absolute Gasteiger partial charge is 0.329 e. The summed E-state index contributed by atoms with van der Waals surface area (Å²) in [5.41, 5.74) is 2.25. The number of rotatable bonds is 3. The first-order valence-corrected chi connectivity index (χ1v) is 9.40. The topological polar surface area (TPSA) is 96.6 Å². The van der Waals surface area contributed by atoms with Gasteiger partial charge in [0.1, 0.15) is 6.04 Å². The van der Waals surface area contributed by atoms with Crippen LogP contribution in [0.5, 0.6) is 0 Å². The number of anilines is 1. The number of aliphatic hydroxyl groups excluding tert-OH is 1. The number of hydrogen-bond acceptors (Lipinski definition) is 5. The van der Waals surface area contributed by atoms with Crippen LogP contribution < -0.4 is 15.9 Å². The zero-order valence-electron chi connectivity index (χ0n) is 15.4. The van der Waals surface area contributed by atoms with Gasteiger partial charge in [0.05, 0.1) is 11.0 Å². The molecule has 1 unspecified atom stereocenters. The first kappa shape index (κ1) is 17.8. The van der Waals surface area contributed by atoms with Crippen LogP contribution in [0, 0.1) is 5.92 Å². The number of aryl methyl sites for hydroxylation is 1. The fraction of sp³-hybridized carbons (Fsp3) is 0.526. The highest BCUT2D eigenvalue weighted by Crippen LogP contribution is 2.28. The second-order valence-electron chi connectivity index (χ2n) is 7.46. The van der Waals surface area contributed by atoms with Gasteiger partial charge in [0.15, 0.2) is 0 Å². The molecule has 8 heteroatoms. The van der Waals surface area contributed by atoms with Gasteiger partial charge < -0.3 is 10.0 Å². The van der Waals surface area contributed by atoms with Gasteiger partial charge in [-0.1, -0.05) is 0 Å². The second kappa shape index (κ2) is 6.84. The SMILES string of the molecule is Cn1c(=O)n(C2CCC(=O)NC2=O)c2ccc(N3CCC(CO)CC3)cc21. The van der Waals surface area contributed by atoms with Gasteiger partial charge in [-0.3, -0.25) is 24.0 Å². The molecule has 2 fully saturated rings. The molecule has 144 valence electrons. The molecule has 1 atom stereocenters. The highest BCUT2D eigenvalue weighted by atomic mass is 16.3. The van der Waals surface area contributed by atoms with Crippen LogP contribution in [0.3, 0.4) is 0 Å². The predicted molar refractivity (Wildman–Crippen MR) is 101 cm³/mol. The van der Waals surface area contributed by atoms with Gasteiger partial charge in [0.25, 0.3) is 0 Å². The zero-order chi connectivity index (χ0) is 19.1. The van der Waals surface area contributed by atoms with E-state index in [-0.39, 0.29) is 24.6 Å². The quantitative estimate of drug-likeness (QED) is 0.766. The Balaban J connectivity index is 1.70. The van der Waals surface area contributed by atoms with Crippen LogP contribution in [0.2, 0.25) is 0 Å². The number of amides is 2. The zero-order valence-corrected chi connectivity index (χ0v) is 15.4. The van der Waals surface area contributed by atoms with E-state index in [0.717, 1.165) is 37.1 Å². The fourth-order valence-corrected chi connectivity index (χ4v) is 4.15. The average Bonchev–Trinajstić information content (AvgIpc) is 2.92. The van der Waals surface area contributed by atoms with Gasteiger partial charge in [-0.05, 0) is 43.4 Å². The number of hydrogen-bond donors (Lipinski definition) is 2. The molecule has 2 aliphatic heterocycles. The fourth-order valence-electron chi connectivity index (χ4n) is 4.15. The van der Waals surface area contributed by atoms with E-state index in [9.17, 15) is 19.5 Å². The number of aromatic nitrogens is 2. The van der Waals surface area contributed by atoms with E-state index in [4.69, 9.17) is 0 Å². The highest BCUT2D eigenvalue weighted by Gasteiger charge is 2.31. The normalized spacial score (nSPS) is 21.7. The maximum atomic E-state index is 12.8. The third-order valence-electron chi connectivity index (χ3n) is 5.83. The molecule has 8 nitrogen and oxygen atoms in total. The first-order chi connectivity index (χ1) is 13.0. The number of imidazole rings is 1. The monoisotopic (exact) mass is 372 g/mol. The Morgan fingerprint density at radius 2 is 1.85 bits per heavy atom. The minimum absolute atomic E-state index is 0.232. The van der Waals surface area contributed by atoms with Crippen LogP contribution in [0.1, 0.15) is 31.7 Å². The largest absolute Gasteiger partial charge is 0.396 e. The number of nitrogens with zero attached hydrogens (tertiary/aromatic N) is 3. The summed E-state index contributed by atoms with van der Waals surface area (Å²) in [5.74, 6) is -0.350. The third kappa shape index (κ3) is 3.03. The molecule has 4 rings (SSSR count). The van der Waals surface area contributed by atoms with Crippen molar-refractivity contribution in [2.75, 3.05) is 24.6 Å². The standard InChI is InChI=1S/C19H24N4O4/c1-21-16-10-13(22-8-6-12(11-24)7-9-22)2-3-14(16)23(19(21)27)15-4-5-17(25)20-18(15)26/h2-3,10,12,15,24H,4-9,11H2,1H3,(H,20,25,26). The summed E-state index contributed by atoms with van der Waals surface area (Å²) < 4.78 is 3.06. The number of piperidine rings is 2. The molecule has 2 amide bonds. The van der Waals surface area contributed by atoms with Gasteiger partial charge in [-0.2, -0.15) is 0 Å². The maximum absolute atomic E-state index is 12.8. The molecule has 27 heavy (non-hydrogen) atoms. The number of carbonyl (C=O) groups excluding carboxylic acids is 2. The van der Waals surface area contributed by atoms with E-state index >= 15 is 0 Å². The van der Waals surface area contributed by atoms with Crippen LogP contribution in [0.25, 0.3) is 11.0 Å². The minimum Gasteiger partial charge on any atom is -0.396 e. The summed E-state index contributed by atoms with van der Waals surface area (Å²) >= 11 is 0. The molecule has 0 aliphatic carbocycles. The lowest BCUT2D eigenvalue weighted by Gasteiger charge is -2.33. The lowest BCUT2D eigenvalue weighted by Crippen LogP contribution is -2.44. The minimum atomic E-state index is -0.662. The first-order valence-electron chi connectivity index (χ1n) is 9.40. The maximum Gasteiger partial charge on any atom is 0.329 e. The molecule has 1 aromatic heterocycles. The molecular formula is C19H24N4O4. The van der Waals surface area contributed by atoms with Crippen molar-refractivity contribution in [1.82, 2.24) is 14.5 Å². The van der Waals surface area contributed by atoms with E-state index in [1.165, 1.54) is 4.57 Å². The molecule has 0 saturated carbocycles. The van der Waals surface area contributed by atoms with Crippen LogP contribution in [0.15, 0.2) is 23.0 Å². The molecule has 0 bridgehead atoms. The van der Waals surface area contributed by atoms with Crippen molar-refractivity contribution in [3.63, 3.8) is 0 Å². The highest BCUT2D eigenvalue weighted by molar-refractivity contribution is 6.00. The Labute approximate surface area is 156 Å². The Hall–Kier alpha value is -2.61. The van der Waals surface area contributed by atoms with Crippen LogP contribution in [-0.4, -0.2) is 45.8 Å². The summed E-state index contributed by atoms with van der Waals surface area (Å²) in [7, 11) is 1.70. The van der Waals surface area contributed by atoms with Crippen LogP contribution in [-0.2, 0) is 16.6 Å². The van der Waals surface area contributed by atoms with Crippen molar-refractivity contribution in [1.29, 1.82) is 0 Å². The third-order valence-corrected chi connectivity index (χ3v) is 5.83. The summed E-state index contributed by atoms with van der Waals surface area (Å²) in [6, 6.07) is 5.18. The van der Waals surface area contributed by atoms with Crippen molar-refractivity contribution in [2.24, 2.45) is 13.0 Å². The number of benzene rings is 1. The van der Waals surface area contributed by atoms with Crippen molar-refractivity contribution in [3.05, 3.63) is 28.7 Å². The molecule has 2 saturated heterocycles. The predicted octanol–water partition coefficient (Wildman–Crippen LogP) is 0.526. The van der Waals surface area contributed by atoms with Crippen molar-refractivity contribution in [2.45, 2.75) is 31.7 Å². The van der Waals surface area contributed by atoms with Crippen molar-refractivity contribution in [3.8, 4) is 0 Å². The number of carbonyl (C=O) groups is 2. The number of fused-ring (bicyclic) bond motifs is 1. The Kier molecular flexibility index (Phi) is 4.51. The van der Waals surface area contributed by atoms with Crippen molar-refractivity contribution < 1.29 is 14.7 Å². The van der Waals surface area contributed by atoms with E-state index in [0.29, 0.717) is 17.9 Å². The van der Waals surface area contributed by atoms with Gasteiger partial charge in [0, 0.05) is 38.9 Å². The Morgan fingerprint density at radius 1 is 1.11 bits per heavy atom. The number of aliphatic hydroxyl groups is 1. The molecule has 0 spiro atoms. The molecule has 2 N–H and O–H groups in total. The van der Waals surface area contributed by atoms with Gasteiger partial charge in [-0.15, -0.1) is 0 Å². The molecular weight excluding hydrogens is 348 g/mol. The lowest BCUT2D eigenvalue weighted by atomic mass is 9.97. The summed E-state index contributed by atoms with van der Waals surface area (Å²) in [6.45, 7) is 1.98. The Morgan fingerprint density at radius 3 is 2.52 bits per heavy atom. The van der Waals surface area contributed by atoms with Crippen LogP contribution in [0.4, 0.5) is 5.69 Å². The van der Waals surface area contributed by atoms with Gasteiger partial charge in [-0.25, -0.2) is 4.79 Å². The number of imide groups is 1. The summed E-state index contributed by atoms with van der Waals surface area (Å²) in [5, 5.41) is 11.6. The van der Waals surface area contributed by atoms with Crippen LogP contribution >= 0.6 is 0 Å².